The fourth-order valence-corrected chi connectivity index (χ4v) is 3.62. The highest BCUT2D eigenvalue weighted by atomic mass is 16.2. The molecule has 0 unspecified atom stereocenters. The molecule has 1 heterocycles. The fraction of sp³-hybridized carbons (Fsp3) is 0.450. The van der Waals surface area contributed by atoms with Gasteiger partial charge in [-0.25, -0.2) is 4.68 Å². The van der Waals surface area contributed by atoms with Crippen LogP contribution in [0.4, 0.5) is 5.69 Å². The van der Waals surface area contributed by atoms with E-state index in [1.807, 2.05) is 32.9 Å². The van der Waals surface area contributed by atoms with Crippen molar-refractivity contribution in [2.45, 2.75) is 53.5 Å². The van der Waals surface area contributed by atoms with Gasteiger partial charge in [0.2, 0.25) is 5.91 Å². The van der Waals surface area contributed by atoms with Gasteiger partial charge in [-0.15, -0.1) is 0 Å². The van der Waals surface area contributed by atoms with Crippen molar-refractivity contribution in [3.8, 4) is 0 Å². The summed E-state index contributed by atoms with van der Waals surface area (Å²) < 4.78 is 1.28. The second-order valence-electron chi connectivity index (χ2n) is 7.28. The van der Waals surface area contributed by atoms with Crippen LogP contribution in [0.1, 0.15) is 41.3 Å². The molecule has 1 aromatic carbocycles. The largest absolute Gasteiger partial charge is 0.324 e. The molecule has 0 aliphatic heterocycles. The number of amides is 1. The lowest BCUT2D eigenvalue weighted by Gasteiger charge is -2.21. The maximum atomic E-state index is 12.4. The standard InChI is InChI=1S/C20H25N3O2/c1-12-5-6-17-16(9-12)10-19(25)23(22-17)11-18(24)21-20-14(3)7-13(2)8-15(20)4/h7-8,10,12H,5-6,9,11H2,1-4H3,(H,21,24)/t12-/m1/s1. The van der Waals surface area contributed by atoms with Crippen LogP contribution in [-0.2, 0) is 24.2 Å². The Balaban J connectivity index is 1.79. The van der Waals surface area contributed by atoms with Gasteiger partial charge in [0.1, 0.15) is 6.54 Å². The Hall–Kier alpha value is -2.43. The summed E-state index contributed by atoms with van der Waals surface area (Å²) in [6.07, 6.45) is 2.84. The molecule has 5 heteroatoms. The van der Waals surface area contributed by atoms with Crippen molar-refractivity contribution in [3.05, 3.63) is 56.5 Å². The molecule has 132 valence electrons. The molecule has 0 radical (unpaired) electrons. The zero-order valence-corrected chi connectivity index (χ0v) is 15.3. The van der Waals surface area contributed by atoms with Gasteiger partial charge in [-0.05, 0) is 62.6 Å². The van der Waals surface area contributed by atoms with E-state index in [0.29, 0.717) is 5.92 Å². The maximum absolute atomic E-state index is 12.4. The summed E-state index contributed by atoms with van der Waals surface area (Å²) in [5.74, 6) is 0.356. The van der Waals surface area contributed by atoms with Gasteiger partial charge in [0.25, 0.3) is 5.56 Å². The molecule has 1 aliphatic rings. The topological polar surface area (TPSA) is 64.0 Å². The minimum atomic E-state index is -0.228. The molecule has 1 aromatic heterocycles. The van der Waals surface area contributed by atoms with Gasteiger partial charge in [-0.3, -0.25) is 9.59 Å². The zero-order chi connectivity index (χ0) is 18.1. The Morgan fingerprint density at radius 2 is 1.92 bits per heavy atom. The number of rotatable bonds is 3. The average molecular weight is 339 g/mol. The Morgan fingerprint density at radius 1 is 1.24 bits per heavy atom. The van der Waals surface area contributed by atoms with Crippen LogP contribution < -0.4 is 10.9 Å². The highest BCUT2D eigenvalue weighted by Gasteiger charge is 2.19. The summed E-state index contributed by atoms with van der Waals surface area (Å²) >= 11 is 0. The van der Waals surface area contributed by atoms with Gasteiger partial charge in [-0.2, -0.15) is 5.10 Å². The Morgan fingerprint density at radius 3 is 2.60 bits per heavy atom. The van der Waals surface area contributed by atoms with Crippen molar-refractivity contribution in [1.82, 2.24) is 9.78 Å². The third kappa shape index (κ3) is 3.81. The SMILES string of the molecule is Cc1cc(C)c(NC(=O)Cn2nc3c(cc2=O)C[C@H](C)CC3)c(C)c1. The number of hydrogen-bond acceptors (Lipinski definition) is 3. The number of carbonyl (C=O) groups excluding carboxylic acids is 1. The van der Waals surface area contributed by atoms with E-state index in [0.717, 1.165) is 52.9 Å². The molecular weight excluding hydrogens is 314 g/mol. The van der Waals surface area contributed by atoms with Crippen molar-refractivity contribution in [3.63, 3.8) is 0 Å². The first kappa shape index (κ1) is 17.4. The first-order chi connectivity index (χ1) is 11.8. The third-order valence-electron chi connectivity index (χ3n) is 4.84. The Kier molecular flexibility index (Phi) is 4.75. The van der Waals surface area contributed by atoms with Crippen LogP contribution in [0.15, 0.2) is 23.0 Å². The number of benzene rings is 1. The summed E-state index contributed by atoms with van der Waals surface area (Å²) in [7, 11) is 0. The Labute approximate surface area is 148 Å². The summed E-state index contributed by atoms with van der Waals surface area (Å²) in [4.78, 5) is 24.7. The van der Waals surface area contributed by atoms with E-state index in [2.05, 4.69) is 17.3 Å². The van der Waals surface area contributed by atoms with Crippen LogP contribution in [0, 0.1) is 26.7 Å². The molecule has 0 saturated carbocycles. The molecule has 0 spiro atoms. The minimum Gasteiger partial charge on any atom is -0.324 e. The van der Waals surface area contributed by atoms with Crippen molar-refractivity contribution in [2.75, 3.05) is 5.32 Å². The van der Waals surface area contributed by atoms with Crippen molar-refractivity contribution >= 4 is 11.6 Å². The van der Waals surface area contributed by atoms with Crippen LogP contribution in [-0.4, -0.2) is 15.7 Å². The predicted octanol–water partition coefficient (Wildman–Crippen LogP) is 2.93. The molecule has 5 nitrogen and oxygen atoms in total. The van der Waals surface area contributed by atoms with Crippen LogP contribution in [0.2, 0.25) is 0 Å². The van der Waals surface area contributed by atoms with E-state index < -0.39 is 0 Å². The number of aromatic nitrogens is 2. The van der Waals surface area contributed by atoms with E-state index in [9.17, 15) is 9.59 Å². The monoisotopic (exact) mass is 339 g/mol. The lowest BCUT2D eigenvalue weighted by Crippen LogP contribution is -2.32. The number of nitrogens with zero attached hydrogens (tertiary/aromatic N) is 2. The van der Waals surface area contributed by atoms with E-state index in [4.69, 9.17) is 0 Å². The van der Waals surface area contributed by atoms with E-state index >= 15 is 0 Å². The molecule has 1 atom stereocenters. The summed E-state index contributed by atoms with van der Waals surface area (Å²) in [6.45, 7) is 8.10. The molecule has 25 heavy (non-hydrogen) atoms. The molecule has 1 aliphatic carbocycles. The molecule has 0 bridgehead atoms. The lowest BCUT2D eigenvalue weighted by molar-refractivity contribution is -0.117. The average Bonchev–Trinajstić information content (AvgIpc) is 2.52. The lowest BCUT2D eigenvalue weighted by atomic mass is 9.88. The van der Waals surface area contributed by atoms with Gasteiger partial charge >= 0.3 is 0 Å². The number of fused-ring (bicyclic) bond motifs is 1. The van der Waals surface area contributed by atoms with Crippen molar-refractivity contribution < 1.29 is 4.79 Å². The first-order valence-electron chi connectivity index (χ1n) is 8.81. The zero-order valence-electron chi connectivity index (χ0n) is 15.3. The second kappa shape index (κ2) is 6.82. The van der Waals surface area contributed by atoms with Gasteiger partial charge in [0.15, 0.2) is 0 Å². The molecule has 3 rings (SSSR count). The fourth-order valence-electron chi connectivity index (χ4n) is 3.62. The Bertz CT molecular complexity index is 860. The quantitative estimate of drug-likeness (QED) is 0.935. The predicted molar refractivity (Wildman–Crippen MR) is 99.0 cm³/mol. The number of nitrogens with one attached hydrogen (secondary N) is 1. The van der Waals surface area contributed by atoms with E-state index in [1.165, 1.54) is 4.68 Å². The number of anilines is 1. The van der Waals surface area contributed by atoms with E-state index in [-0.39, 0.29) is 18.0 Å². The number of carbonyl (C=O) groups is 1. The normalized spacial score (nSPS) is 16.4. The second-order valence-corrected chi connectivity index (χ2v) is 7.28. The molecule has 2 aromatic rings. The summed E-state index contributed by atoms with van der Waals surface area (Å²) in [5.41, 5.74) is 5.79. The molecule has 0 fully saturated rings. The van der Waals surface area contributed by atoms with Crippen LogP contribution in [0.5, 0.6) is 0 Å². The highest BCUT2D eigenvalue weighted by molar-refractivity contribution is 5.92. The van der Waals surface area contributed by atoms with Crippen LogP contribution in [0.25, 0.3) is 0 Å². The van der Waals surface area contributed by atoms with Crippen LogP contribution >= 0.6 is 0 Å². The van der Waals surface area contributed by atoms with Gasteiger partial charge < -0.3 is 5.32 Å². The van der Waals surface area contributed by atoms with Gasteiger partial charge in [0, 0.05) is 11.8 Å². The smallest absolute Gasteiger partial charge is 0.267 e. The molecule has 1 amide bonds. The van der Waals surface area contributed by atoms with Gasteiger partial charge in [-0.1, -0.05) is 24.6 Å². The van der Waals surface area contributed by atoms with Crippen LogP contribution in [0.3, 0.4) is 0 Å². The van der Waals surface area contributed by atoms with Gasteiger partial charge in [0.05, 0.1) is 5.69 Å². The summed E-state index contributed by atoms with van der Waals surface area (Å²) in [5, 5.41) is 7.36. The summed E-state index contributed by atoms with van der Waals surface area (Å²) in [6, 6.07) is 5.72. The van der Waals surface area contributed by atoms with Crippen molar-refractivity contribution in [2.24, 2.45) is 5.92 Å². The number of aryl methyl sites for hydroxylation is 4. The number of hydrogen-bond donors (Lipinski definition) is 1. The highest BCUT2D eigenvalue weighted by Crippen LogP contribution is 2.23. The van der Waals surface area contributed by atoms with E-state index in [1.54, 1.807) is 6.07 Å². The third-order valence-corrected chi connectivity index (χ3v) is 4.84. The molecule has 1 N–H and O–H groups in total. The molecular formula is C20H25N3O2. The van der Waals surface area contributed by atoms with Crippen molar-refractivity contribution in [1.29, 1.82) is 0 Å². The first-order valence-corrected chi connectivity index (χ1v) is 8.81. The minimum absolute atomic E-state index is 0.0611. The maximum Gasteiger partial charge on any atom is 0.267 e. The molecule has 0 saturated heterocycles.